The smallest absolute Gasteiger partial charge is 0.359 e. The molecule has 0 aromatic rings. The summed E-state index contributed by atoms with van der Waals surface area (Å²) in [4.78, 5) is 63.5. The van der Waals surface area contributed by atoms with Gasteiger partial charge in [-0.3, -0.25) is 29.4 Å². The van der Waals surface area contributed by atoms with Gasteiger partial charge in [0.1, 0.15) is 6.67 Å². The topological polar surface area (TPSA) is 156 Å². The molecule has 2 rings (SSSR count). The SMILES string of the molecule is CCN(CC(=O)NCCCCCCNC=O)C[N+]1(C)CC(=O)OC12OC(=O)CNCN(C)CC(=O)O2. The van der Waals surface area contributed by atoms with Crippen LogP contribution in [0, 0.1) is 0 Å². The van der Waals surface area contributed by atoms with E-state index in [2.05, 4.69) is 16.0 Å². The first kappa shape index (κ1) is 29.4. The number of amides is 2. The lowest BCUT2D eigenvalue weighted by Gasteiger charge is -2.40. The molecule has 1 spiro atoms. The number of likely N-dealkylation sites (N-methyl/N-ethyl adjacent to an activating group) is 3. The lowest BCUT2D eigenvalue weighted by molar-refractivity contribution is -1.02. The molecule has 2 amide bonds. The van der Waals surface area contributed by atoms with Gasteiger partial charge in [-0.1, -0.05) is 19.8 Å². The molecule has 0 saturated carbocycles. The fourth-order valence-electron chi connectivity index (χ4n) is 4.02. The van der Waals surface area contributed by atoms with Crippen molar-refractivity contribution in [3.8, 4) is 0 Å². The Morgan fingerprint density at radius 3 is 2.47 bits per heavy atom. The zero-order chi connectivity index (χ0) is 26.6. The van der Waals surface area contributed by atoms with Gasteiger partial charge in [0.25, 0.3) is 0 Å². The molecule has 2 unspecified atom stereocenters. The van der Waals surface area contributed by atoms with E-state index < -0.39 is 28.5 Å². The second-order valence-electron chi connectivity index (χ2n) is 9.22. The highest BCUT2D eigenvalue weighted by molar-refractivity contribution is 5.78. The van der Waals surface area contributed by atoms with Crippen LogP contribution >= 0.6 is 0 Å². The number of nitrogens with zero attached hydrogens (tertiary/aromatic N) is 3. The van der Waals surface area contributed by atoms with Crippen molar-refractivity contribution >= 4 is 30.2 Å². The van der Waals surface area contributed by atoms with Crippen LogP contribution in [0.25, 0.3) is 0 Å². The fraction of sp³-hybridized carbons (Fsp3) is 0.773. The van der Waals surface area contributed by atoms with Gasteiger partial charge in [-0.05, 0) is 19.9 Å². The summed E-state index contributed by atoms with van der Waals surface area (Å²) in [6.07, 6.45) is 1.97. The molecular formula is C22H39N6O8+. The van der Waals surface area contributed by atoms with E-state index >= 15 is 0 Å². The molecule has 2 aliphatic heterocycles. The molecule has 204 valence electrons. The number of esters is 3. The van der Waals surface area contributed by atoms with Crippen LogP contribution in [0.3, 0.4) is 0 Å². The first-order valence-electron chi connectivity index (χ1n) is 12.2. The third-order valence-corrected chi connectivity index (χ3v) is 5.90. The van der Waals surface area contributed by atoms with Gasteiger partial charge >= 0.3 is 24.0 Å². The van der Waals surface area contributed by atoms with E-state index in [1.165, 1.54) is 0 Å². The number of nitrogens with one attached hydrogen (secondary N) is 3. The minimum atomic E-state index is -2.28. The predicted octanol–water partition coefficient (Wildman–Crippen LogP) is -2.12. The van der Waals surface area contributed by atoms with Gasteiger partial charge in [-0.2, -0.15) is 4.48 Å². The minimum absolute atomic E-state index is 0.0318. The Morgan fingerprint density at radius 2 is 1.78 bits per heavy atom. The van der Waals surface area contributed by atoms with E-state index in [4.69, 9.17) is 14.2 Å². The molecule has 2 aliphatic rings. The third kappa shape index (κ3) is 8.69. The van der Waals surface area contributed by atoms with Crippen molar-refractivity contribution in [3.05, 3.63) is 0 Å². The number of carbonyl (C=O) groups excluding carboxylic acids is 5. The van der Waals surface area contributed by atoms with E-state index in [-0.39, 0.29) is 45.4 Å². The molecule has 3 N–H and O–H groups in total. The highest BCUT2D eigenvalue weighted by Crippen LogP contribution is 2.35. The molecule has 0 aromatic carbocycles. The highest BCUT2D eigenvalue weighted by atomic mass is 16.9. The van der Waals surface area contributed by atoms with Crippen LogP contribution in [0.5, 0.6) is 0 Å². The van der Waals surface area contributed by atoms with Crippen molar-refractivity contribution in [2.24, 2.45) is 0 Å². The molecule has 0 aromatic heterocycles. The maximum Gasteiger partial charge on any atom is 0.599 e. The normalized spacial score (nSPS) is 25.3. The van der Waals surface area contributed by atoms with Gasteiger partial charge < -0.3 is 24.8 Å². The maximum atomic E-state index is 12.6. The van der Waals surface area contributed by atoms with Gasteiger partial charge in [0, 0.05) is 26.3 Å². The Labute approximate surface area is 211 Å². The van der Waals surface area contributed by atoms with Crippen LogP contribution in [-0.2, 0) is 38.2 Å². The van der Waals surface area contributed by atoms with Crippen molar-refractivity contribution < 1.29 is 42.7 Å². The Kier molecular flexibility index (Phi) is 11.5. The fourth-order valence-corrected chi connectivity index (χ4v) is 4.02. The highest BCUT2D eigenvalue weighted by Gasteiger charge is 2.68. The van der Waals surface area contributed by atoms with Crippen molar-refractivity contribution in [1.82, 2.24) is 25.8 Å². The van der Waals surface area contributed by atoms with Crippen molar-refractivity contribution in [3.63, 3.8) is 0 Å². The minimum Gasteiger partial charge on any atom is -0.359 e. The Morgan fingerprint density at radius 1 is 1.11 bits per heavy atom. The number of quaternary nitrogens is 1. The number of carbonyl (C=O) groups is 5. The van der Waals surface area contributed by atoms with Gasteiger partial charge in [-0.25, -0.2) is 9.69 Å². The average Bonchev–Trinajstić information content (AvgIpc) is 3.02. The summed E-state index contributed by atoms with van der Waals surface area (Å²) in [5.74, 6) is -2.37. The van der Waals surface area contributed by atoms with Crippen LogP contribution in [0.4, 0.5) is 0 Å². The van der Waals surface area contributed by atoms with Gasteiger partial charge in [-0.15, -0.1) is 0 Å². The monoisotopic (exact) mass is 515 g/mol. The molecule has 14 heteroatoms. The van der Waals surface area contributed by atoms with Crippen molar-refractivity contribution in [2.75, 3.05) is 73.2 Å². The van der Waals surface area contributed by atoms with Crippen molar-refractivity contribution in [2.45, 2.75) is 38.7 Å². The largest absolute Gasteiger partial charge is 0.599 e. The number of ether oxygens (including phenoxy) is 3. The summed E-state index contributed by atoms with van der Waals surface area (Å²) in [5, 5.41) is 8.35. The van der Waals surface area contributed by atoms with Crippen LogP contribution in [0.15, 0.2) is 0 Å². The predicted molar refractivity (Wildman–Crippen MR) is 125 cm³/mol. The standard InChI is InChI=1S/C22H38N6O8/c1-4-27(12-18(30)25-10-8-6-5-7-9-23-16-29)17-28(3)14-21(33)36-22(28)34-19(31)11-24-15-26(2)13-20(32)35-22/h16,24H,4-15,17H2,1-3H3,(H-,23,25,29,30)/p+1. The van der Waals surface area contributed by atoms with Gasteiger partial charge in [0.05, 0.1) is 26.7 Å². The molecule has 0 radical (unpaired) electrons. The molecule has 2 saturated heterocycles. The summed E-state index contributed by atoms with van der Waals surface area (Å²) < 4.78 is 15.9. The summed E-state index contributed by atoms with van der Waals surface area (Å²) in [6, 6.07) is 0. The van der Waals surface area contributed by atoms with E-state index in [0.717, 1.165) is 25.7 Å². The number of hydrogen-bond acceptors (Lipinski definition) is 11. The summed E-state index contributed by atoms with van der Waals surface area (Å²) in [7, 11) is 3.25. The third-order valence-electron chi connectivity index (χ3n) is 5.90. The lowest BCUT2D eigenvalue weighted by atomic mass is 10.2. The van der Waals surface area contributed by atoms with Crippen molar-refractivity contribution in [1.29, 1.82) is 0 Å². The number of hydrogen-bond donors (Lipinski definition) is 3. The molecular weight excluding hydrogens is 476 g/mol. The van der Waals surface area contributed by atoms with Crippen LogP contribution in [-0.4, -0.2) is 124 Å². The van der Waals surface area contributed by atoms with E-state index in [1.807, 2.05) is 6.92 Å². The van der Waals surface area contributed by atoms with Crippen LogP contribution in [0.2, 0.25) is 0 Å². The van der Waals surface area contributed by atoms with E-state index in [9.17, 15) is 24.0 Å². The molecule has 0 aliphatic carbocycles. The molecule has 2 fully saturated rings. The number of rotatable bonds is 13. The quantitative estimate of drug-likeness (QED) is 0.107. The van der Waals surface area contributed by atoms with E-state index in [0.29, 0.717) is 26.0 Å². The molecule has 14 nitrogen and oxygen atoms in total. The number of unbranched alkanes of at least 4 members (excludes halogenated alkanes) is 3. The second-order valence-corrected chi connectivity index (χ2v) is 9.22. The summed E-state index contributed by atoms with van der Waals surface area (Å²) in [6.45, 7) is 3.29. The first-order valence-corrected chi connectivity index (χ1v) is 12.2. The molecule has 2 atom stereocenters. The second kappa shape index (κ2) is 14.1. The first-order chi connectivity index (χ1) is 17.1. The molecule has 0 bridgehead atoms. The zero-order valence-electron chi connectivity index (χ0n) is 21.4. The summed E-state index contributed by atoms with van der Waals surface area (Å²) >= 11 is 0. The van der Waals surface area contributed by atoms with E-state index in [1.54, 1.807) is 23.9 Å². The zero-order valence-corrected chi connectivity index (χ0v) is 21.4. The Balaban J connectivity index is 1.99. The van der Waals surface area contributed by atoms with Crippen LogP contribution < -0.4 is 16.0 Å². The maximum absolute atomic E-state index is 12.6. The van der Waals surface area contributed by atoms with Gasteiger partial charge in [0.15, 0.2) is 6.54 Å². The Hall–Kier alpha value is -2.81. The van der Waals surface area contributed by atoms with Gasteiger partial charge in [0.2, 0.25) is 12.3 Å². The summed E-state index contributed by atoms with van der Waals surface area (Å²) in [5.41, 5.74) is 0. The molecule has 36 heavy (non-hydrogen) atoms. The average molecular weight is 516 g/mol. The Bertz CT molecular complexity index is 799. The van der Waals surface area contributed by atoms with Crippen LogP contribution in [0.1, 0.15) is 32.6 Å². The molecule has 2 heterocycles. The lowest BCUT2D eigenvalue weighted by Crippen LogP contribution is -2.67.